The van der Waals surface area contributed by atoms with Gasteiger partial charge in [-0.25, -0.2) is 0 Å². The molecule has 0 saturated heterocycles. The van der Waals surface area contributed by atoms with Gasteiger partial charge >= 0.3 is 150 Å². The molecule has 23 heavy (non-hydrogen) atoms. The van der Waals surface area contributed by atoms with Gasteiger partial charge in [0.05, 0.1) is 0 Å². The number of aliphatic hydroxyl groups is 1. The van der Waals surface area contributed by atoms with Crippen LogP contribution in [0.1, 0.15) is 73.1 Å². The predicted octanol–water partition coefficient (Wildman–Crippen LogP) is 6.82. The van der Waals surface area contributed by atoms with Crippen LogP contribution in [0.3, 0.4) is 0 Å². The third kappa shape index (κ3) is 9.76. The van der Waals surface area contributed by atoms with Crippen LogP contribution in [-0.2, 0) is 0 Å². The Bertz CT molecular complexity index is 358. The van der Waals surface area contributed by atoms with E-state index in [-0.39, 0.29) is 6.61 Å². The normalized spacial score (nSPS) is 14.0. The fourth-order valence-corrected chi connectivity index (χ4v) is 18.9. The van der Waals surface area contributed by atoms with Crippen LogP contribution in [0.15, 0.2) is 33.5 Å². The molecule has 0 spiro atoms. The average Bonchev–Trinajstić information content (AvgIpc) is 2.54. The summed E-state index contributed by atoms with van der Waals surface area (Å²) in [6.45, 7) is 11.6. The van der Waals surface area contributed by atoms with E-state index in [9.17, 15) is 0 Å². The second-order valence-electron chi connectivity index (χ2n) is 6.93. The van der Waals surface area contributed by atoms with Gasteiger partial charge in [0.15, 0.2) is 0 Å². The number of allylic oxidation sites excluding steroid dienone is 5. The third-order valence-electron chi connectivity index (χ3n) is 4.98. The van der Waals surface area contributed by atoms with Gasteiger partial charge in [-0.05, 0) is 0 Å². The van der Waals surface area contributed by atoms with Crippen LogP contribution in [0.2, 0.25) is 13.3 Å². The van der Waals surface area contributed by atoms with Crippen molar-refractivity contribution < 1.29 is 5.11 Å². The van der Waals surface area contributed by atoms with Gasteiger partial charge in [0.2, 0.25) is 0 Å². The topological polar surface area (TPSA) is 20.2 Å². The molecule has 0 unspecified atom stereocenters. The Morgan fingerprint density at radius 3 is 1.74 bits per heavy atom. The van der Waals surface area contributed by atoms with Crippen molar-refractivity contribution in [2.24, 2.45) is 0 Å². The summed E-state index contributed by atoms with van der Waals surface area (Å²) in [7, 11) is 0. The van der Waals surface area contributed by atoms with Crippen LogP contribution < -0.4 is 0 Å². The predicted molar refractivity (Wildman–Crippen MR) is 109 cm³/mol. The van der Waals surface area contributed by atoms with Crippen LogP contribution in [0.5, 0.6) is 0 Å². The van der Waals surface area contributed by atoms with Gasteiger partial charge in [-0.1, -0.05) is 0 Å². The van der Waals surface area contributed by atoms with Crippen LogP contribution in [-0.4, -0.2) is 30.1 Å². The third-order valence-corrected chi connectivity index (χ3v) is 21.5. The van der Waals surface area contributed by atoms with E-state index in [1.807, 2.05) is 6.08 Å². The van der Waals surface area contributed by atoms with Gasteiger partial charge in [0.25, 0.3) is 0 Å². The molecule has 0 aliphatic carbocycles. The Labute approximate surface area is 149 Å². The summed E-state index contributed by atoms with van der Waals surface area (Å²) in [5.41, 5.74) is 1.15. The molecule has 0 aromatic heterocycles. The summed E-state index contributed by atoms with van der Waals surface area (Å²) in [5.74, 6) is 0. The molecular formula is C21H40OSn. The van der Waals surface area contributed by atoms with E-state index in [2.05, 4.69) is 52.8 Å². The molecule has 134 valence electrons. The molecule has 0 rings (SSSR count). The molecular weight excluding hydrogens is 387 g/mol. The van der Waals surface area contributed by atoms with E-state index >= 15 is 0 Å². The Morgan fingerprint density at radius 1 is 0.870 bits per heavy atom. The van der Waals surface area contributed by atoms with E-state index in [1.54, 1.807) is 3.59 Å². The molecule has 1 N–H and O–H groups in total. The molecule has 0 atom stereocenters. The molecule has 0 radical (unpaired) electrons. The molecule has 0 aliphatic heterocycles. The van der Waals surface area contributed by atoms with Crippen molar-refractivity contribution in [2.45, 2.75) is 86.5 Å². The minimum atomic E-state index is -2.18. The standard InChI is InChI=1S/C9H13O.3C4H9.Sn/c1-3-4-5-6-9(2)7-8-10;3*1-3-4-2;/h4-7,10H,8H2,1-2H3;3*1,3-4H2,2H3;/b4-3?,6-5+,9-7+;;;;. The van der Waals surface area contributed by atoms with Crippen molar-refractivity contribution in [2.75, 3.05) is 6.61 Å². The molecule has 1 nitrogen and oxygen atoms in total. The first-order chi connectivity index (χ1) is 11.1. The summed E-state index contributed by atoms with van der Waals surface area (Å²) >= 11 is -2.18. The number of rotatable bonds is 13. The van der Waals surface area contributed by atoms with E-state index in [0.717, 1.165) is 5.57 Å². The SMILES string of the molecule is CCC[CH2][Sn]([CH2]CCC)([CH2]CCC)/[C](C)=C/C=C/C(C)=C/CO. The molecule has 0 aromatic carbocycles. The average molecular weight is 427 g/mol. The Balaban J connectivity index is 5.27. The summed E-state index contributed by atoms with van der Waals surface area (Å²) in [5, 5.41) is 8.95. The van der Waals surface area contributed by atoms with E-state index in [4.69, 9.17) is 5.11 Å². The Kier molecular flexibility index (Phi) is 14.3. The van der Waals surface area contributed by atoms with E-state index in [1.165, 1.54) is 51.8 Å². The maximum absolute atomic E-state index is 8.95. The molecule has 0 aliphatic rings. The van der Waals surface area contributed by atoms with Gasteiger partial charge in [-0.15, -0.1) is 0 Å². The molecule has 0 fully saturated rings. The fraction of sp³-hybridized carbons (Fsp3) is 0.714. The number of hydrogen-bond donors (Lipinski definition) is 1. The number of hydrogen-bond acceptors (Lipinski definition) is 1. The van der Waals surface area contributed by atoms with Gasteiger partial charge in [-0.3, -0.25) is 0 Å². The zero-order chi connectivity index (χ0) is 17.6. The molecule has 2 heteroatoms. The van der Waals surface area contributed by atoms with Crippen molar-refractivity contribution in [1.29, 1.82) is 0 Å². The summed E-state index contributed by atoms with van der Waals surface area (Å²) in [4.78, 5) is 0. The van der Waals surface area contributed by atoms with Gasteiger partial charge in [-0.2, -0.15) is 0 Å². The van der Waals surface area contributed by atoms with Crippen LogP contribution in [0, 0.1) is 0 Å². The van der Waals surface area contributed by atoms with Gasteiger partial charge in [0.1, 0.15) is 0 Å². The van der Waals surface area contributed by atoms with Crippen molar-refractivity contribution >= 4 is 18.4 Å². The monoisotopic (exact) mass is 428 g/mol. The maximum atomic E-state index is 8.95. The summed E-state index contributed by atoms with van der Waals surface area (Å²) < 4.78 is 6.36. The van der Waals surface area contributed by atoms with E-state index in [0.29, 0.717) is 0 Å². The first-order valence-electron chi connectivity index (χ1n) is 9.69. The fourth-order valence-electron chi connectivity index (χ4n) is 3.25. The van der Waals surface area contributed by atoms with Gasteiger partial charge in [0, 0.05) is 0 Å². The first-order valence-corrected chi connectivity index (χ1v) is 17.2. The van der Waals surface area contributed by atoms with Crippen LogP contribution in [0.25, 0.3) is 0 Å². The van der Waals surface area contributed by atoms with Crippen LogP contribution >= 0.6 is 0 Å². The second kappa shape index (κ2) is 14.3. The van der Waals surface area contributed by atoms with E-state index < -0.39 is 18.4 Å². The molecule has 0 bridgehead atoms. The Morgan fingerprint density at radius 2 is 1.35 bits per heavy atom. The summed E-state index contributed by atoms with van der Waals surface area (Å²) in [6, 6.07) is 0. The van der Waals surface area contributed by atoms with Crippen molar-refractivity contribution in [1.82, 2.24) is 0 Å². The van der Waals surface area contributed by atoms with Crippen LogP contribution in [0.4, 0.5) is 0 Å². The first kappa shape index (κ1) is 23.0. The zero-order valence-electron chi connectivity index (χ0n) is 16.3. The molecule has 0 heterocycles. The zero-order valence-corrected chi connectivity index (χ0v) is 19.2. The minimum absolute atomic E-state index is 0.130. The van der Waals surface area contributed by atoms with Crippen molar-refractivity contribution in [3.63, 3.8) is 0 Å². The quantitative estimate of drug-likeness (QED) is 0.253. The second-order valence-corrected chi connectivity index (χ2v) is 20.8. The van der Waals surface area contributed by atoms with Crippen molar-refractivity contribution in [3.8, 4) is 0 Å². The Hall–Kier alpha value is -0.0213. The molecule has 0 aromatic rings. The van der Waals surface area contributed by atoms with Crippen molar-refractivity contribution in [3.05, 3.63) is 33.5 Å². The van der Waals surface area contributed by atoms with Gasteiger partial charge < -0.3 is 0 Å². The summed E-state index contributed by atoms with van der Waals surface area (Å²) in [6.07, 6.45) is 16.9. The number of unbranched alkanes of at least 4 members (excludes halogenated alkanes) is 3. The molecule has 0 saturated carbocycles. The number of aliphatic hydroxyl groups excluding tert-OH is 1. The molecule has 0 amide bonds.